The smallest absolute Gasteiger partial charge is 0.295 e. The third-order valence-electron chi connectivity index (χ3n) is 4.20. The summed E-state index contributed by atoms with van der Waals surface area (Å²) in [5.74, 6) is -0.0835. The molecule has 0 heterocycles. The van der Waals surface area contributed by atoms with Crippen molar-refractivity contribution < 1.29 is 22.5 Å². The van der Waals surface area contributed by atoms with Crippen molar-refractivity contribution in [1.82, 2.24) is 0 Å². The summed E-state index contributed by atoms with van der Waals surface area (Å²) >= 11 is 5.90. The highest BCUT2D eigenvalue weighted by molar-refractivity contribution is 7.92. The highest BCUT2D eigenvalue weighted by Crippen LogP contribution is 2.29. The van der Waals surface area contributed by atoms with Gasteiger partial charge in [0.2, 0.25) is 0 Å². The van der Waals surface area contributed by atoms with Crippen molar-refractivity contribution in [3.8, 4) is 5.75 Å². The van der Waals surface area contributed by atoms with Gasteiger partial charge in [-0.1, -0.05) is 17.7 Å². The van der Waals surface area contributed by atoms with Gasteiger partial charge >= 0.3 is 0 Å². The van der Waals surface area contributed by atoms with Crippen LogP contribution in [-0.2, 0) is 10.0 Å². The predicted molar refractivity (Wildman–Crippen MR) is 120 cm³/mol. The lowest BCUT2D eigenvalue weighted by atomic mass is 10.2. The Balaban J connectivity index is 1.85. The van der Waals surface area contributed by atoms with Crippen molar-refractivity contribution in [2.75, 3.05) is 17.3 Å². The summed E-state index contributed by atoms with van der Waals surface area (Å²) in [7, 11) is -2.63. The van der Waals surface area contributed by atoms with Crippen LogP contribution in [0, 0.1) is 15.9 Å². The predicted octanol–water partition coefficient (Wildman–Crippen LogP) is 4.64. The highest BCUT2D eigenvalue weighted by Gasteiger charge is 2.21. The van der Waals surface area contributed by atoms with Crippen molar-refractivity contribution in [2.45, 2.75) is 4.90 Å². The van der Waals surface area contributed by atoms with Gasteiger partial charge in [-0.05, 0) is 48.5 Å². The molecule has 0 aromatic heterocycles. The van der Waals surface area contributed by atoms with Crippen molar-refractivity contribution in [2.24, 2.45) is 5.10 Å². The number of nitro groups is 1. The molecule has 32 heavy (non-hydrogen) atoms. The first-order chi connectivity index (χ1) is 15.2. The van der Waals surface area contributed by atoms with Crippen molar-refractivity contribution >= 4 is 44.9 Å². The summed E-state index contributed by atoms with van der Waals surface area (Å²) in [6.45, 7) is 0. The number of hydrogen-bond donors (Lipinski definition) is 2. The highest BCUT2D eigenvalue weighted by atomic mass is 35.5. The van der Waals surface area contributed by atoms with Crippen LogP contribution in [0.15, 0.2) is 70.7 Å². The molecule has 0 bridgehead atoms. The maximum absolute atomic E-state index is 13.8. The van der Waals surface area contributed by atoms with Gasteiger partial charge < -0.3 is 4.74 Å². The summed E-state index contributed by atoms with van der Waals surface area (Å²) in [5.41, 5.74) is 2.02. The van der Waals surface area contributed by atoms with Crippen LogP contribution < -0.4 is 14.9 Å². The van der Waals surface area contributed by atoms with Gasteiger partial charge in [-0.3, -0.25) is 20.3 Å². The molecule has 0 atom stereocenters. The molecule has 3 rings (SSSR count). The third kappa shape index (κ3) is 5.31. The number of nitrogens with one attached hydrogen (secondary N) is 2. The van der Waals surface area contributed by atoms with Gasteiger partial charge in [0.15, 0.2) is 0 Å². The van der Waals surface area contributed by atoms with E-state index in [4.69, 9.17) is 16.3 Å². The zero-order chi connectivity index (χ0) is 23.3. The average molecular weight is 479 g/mol. The summed E-state index contributed by atoms with van der Waals surface area (Å²) in [6, 6.07) is 13.4. The van der Waals surface area contributed by atoms with Crippen LogP contribution in [0.25, 0.3) is 0 Å². The fraction of sp³-hybridized carbons (Fsp3) is 0.0500. The quantitative estimate of drug-likeness (QED) is 0.276. The lowest BCUT2D eigenvalue weighted by Gasteiger charge is -2.10. The van der Waals surface area contributed by atoms with Crippen LogP contribution >= 0.6 is 11.6 Å². The number of hydrogen-bond acceptors (Lipinski definition) is 7. The molecule has 0 aliphatic heterocycles. The molecule has 3 aromatic carbocycles. The molecule has 12 heteroatoms. The Labute approximate surface area is 187 Å². The van der Waals surface area contributed by atoms with Gasteiger partial charge in [0, 0.05) is 17.3 Å². The summed E-state index contributed by atoms with van der Waals surface area (Å²) < 4.78 is 46.4. The number of nitro benzene ring substituents is 1. The van der Waals surface area contributed by atoms with Crippen LogP contribution in [0.3, 0.4) is 0 Å². The fourth-order valence-electron chi connectivity index (χ4n) is 2.60. The van der Waals surface area contributed by atoms with Gasteiger partial charge in [-0.25, -0.2) is 12.8 Å². The maximum Gasteiger partial charge on any atom is 0.295 e. The van der Waals surface area contributed by atoms with Crippen LogP contribution in [0.4, 0.5) is 21.5 Å². The zero-order valence-corrected chi connectivity index (χ0v) is 18.0. The number of sulfonamides is 1. The normalized spacial score (nSPS) is 11.3. The largest absolute Gasteiger partial charge is 0.497 e. The number of anilines is 2. The van der Waals surface area contributed by atoms with Crippen LogP contribution in [0.1, 0.15) is 5.56 Å². The Morgan fingerprint density at radius 1 is 1.16 bits per heavy atom. The molecule has 0 radical (unpaired) electrons. The molecule has 166 valence electrons. The van der Waals surface area contributed by atoms with Gasteiger partial charge in [-0.2, -0.15) is 5.10 Å². The number of halogens is 2. The summed E-state index contributed by atoms with van der Waals surface area (Å²) in [5, 5.41) is 15.4. The fourth-order valence-corrected chi connectivity index (χ4v) is 3.89. The van der Waals surface area contributed by atoms with Crippen molar-refractivity contribution in [3.05, 3.63) is 87.2 Å². The summed E-state index contributed by atoms with van der Waals surface area (Å²) in [4.78, 5) is 10.4. The maximum atomic E-state index is 13.8. The van der Waals surface area contributed by atoms with E-state index in [0.29, 0.717) is 5.75 Å². The lowest BCUT2D eigenvalue weighted by molar-refractivity contribution is -0.384. The Morgan fingerprint density at radius 2 is 1.88 bits per heavy atom. The second kappa shape index (κ2) is 9.62. The zero-order valence-electron chi connectivity index (χ0n) is 16.5. The average Bonchev–Trinajstić information content (AvgIpc) is 2.76. The second-order valence-corrected chi connectivity index (χ2v) is 8.37. The first-order valence-corrected chi connectivity index (χ1v) is 10.8. The second-order valence-electron chi connectivity index (χ2n) is 6.28. The number of ether oxygens (including phenoxy) is 1. The number of methoxy groups -OCH3 is 1. The molecular weight excluding hydrogens is 463 g/mol. The molecule has 0 aliphatic rings. The van der Waals surface area contributed by atoms with Crippen molar-refractivity contribution in [1.29, 1.82) is 0 Å². The number of hydrazone groups is 1. The van der Waals surface area contributed by atoms with Gasteiger partial charge in [-0.15, -0.1) is 0 Å². The number of rotatable bonds is 8. The molecule has 0 saturated carbocycles. The van der Waals surface area contributed by atoms with Crippen molar-refractivity contribution in [3.63, 3.8) is 0 Å². The van der Waals surface area contributed by atoms with E-state index in [9.17, 15) is 22.9 Å². The molecule has 0 aliphatic carbocycles. The first-order valence-electron chi connectivity index (χ1n) is 8.89. The molecule has 0 spiro atoms. The molecule has 0 unspecified atom stereocenters. The molecule has 0 saturated heterocycles. The van der Waals surface area contributed by atoms with E-state index in [-0.39, 0.29) is 26.9 Å². The standard InChI is InChI=1S/C20H16ClFN4O5S/c1-31-14-7-5-13(6-8-14)25-32(29,30)15-9-10-19(20(11-15)26(27)28)24-23-12-16-17(21)3-2-4-18(16)22/h2-12,24-25H,1H3/b23-12-. The van der Waals surface area contributed by atoms with E-state index in [1.54, 1.807) is 12.1 Å². The van der Waals surface area contributed by atoms with E-state index in [0.717, 1.165) is 12.3 Å². The molecular formula is C20H16ClFN4O5S. The molecule has 3 aromatic rings. The van der Waals surface area contributed by atoms with Gasteiger partial charge in [0.25, 0.3) is 15.7 Å². The topological polar surface area (TPSA) is 123 Å². The van der Waals surface area contributed by atoms with Crippen LogP contribution in [0.2, 0.25) is 5.02 Å². The monoisotopic (exact) mass is 478 g/mol. The summed E-state index contributed by atoms with van der Waals surface area (Å²) in [6.07, 6.45) is 1.07. The molecule has 0 amide bonds. The van der Waals surface area contributed by atoms with Crippen LogP contribution in [0.5, 0.6) is 5.75 Å². The first kappa shape index (κ1) is 23.0. The Bertz CT molecular complexity index is 1260. The van der Waals surface area contributed by atoms with E-state index < -0.39 is 26.5 Å². The third-order valence-corrected chi connectivity index (χ3v) is 5.91. The minimum absolute atomic E-state index is 0.00721. The number of nitrogens with zero attached hydrogens (tertiary/aromatic N) is 2. The molecule has 0 fully saturated rings. The van der Waals surface area contributed by atoms with E-state index in [1.165, 1.54) is 49.6 Å². The Kier molecular flexibility index (Phi) is 6.91. The van der Waals surface area contributed by atoms with Crippen LogP contribution in [-0.4, -0.2) is 26.7 Å². The minimum atomic E-state index is -4.11. The van der Waals surface area contributed by atoms with Gasteiger partial charge in [0.1, 0.15) is 17.3 Å². The molecule has 9 nitrogen and oxygen atoms in total. The van der Waals surface area contributed by atoms with Gasteiger partial charge in [0.05, 0.1) is 28.2 Å². The van der Waals surface area contributed by atoms with E-state index >= 15 is 0 Å². The van der Waals surface area contributed by atoms with E-state index in [2.05, 4.69) is 15.2 Å². The molecule has 2 N–H and O–H groups in total. The van der Waals surface area contributed by atoms with E-state index in [1.807, 2.05) is 0 Å². The Morgan fingerprint density at radius 3 is 2.50 bits per heavy atom. The minimum Gasteiger partial charge on any atom is -0.497 e. The lowest BCUT2D eigenvalue weighted by Crippen LogP contribution is -2.13. The SMILES string of the molecule is COc1ccc(NS(=O)(=O)c2ccc(N/N=C\c3c(F)cccc3Cl)c([N+](=O)[O-])c2)cc1. The Hall–Kier alpha value is -3.70. The number of benzene rings is 3.